The fourth-order valence-corrected chi connectivity index (χ4v) is 1.03. The van der Waals surface area contributed by atoms with Gasteiger partial charge >= 0.3 is 0 Å². The molecule has 2 rings (SSSR count). The average molecular weight is 220 g/mol. The van der Waals surface area contributed by atoms with E-state index in [1.807, 2.05) is 0 Å². The molecule has 0 unspecified atom stereocenters. The molecule has 0 aliphatic carbocycles. The Balaban J connectivity index is 2.14. The lowest BCUT2D eigenvalue weighted by Gasteiger charge is -1.98. The van der Waals surface area contributed by atoms with E-state index < -0.39 is 5.91 Å². The van der Waals surface area contributed by atoms with Crippen LogP contribution in [0.2, 0.25) is 0 Å². The van der Waals surface area contributed by atoms with E-state index in [0.29, 0.717) is 5.82 Å². The van der Waals surface area contributed by atoms with Gasteiger partial charge in [0.25, 0.3) is 11.5 Å². The Kier molecular flexibility index (Phi) is 2.46. The summed E-state index contributed by atoms with van der Waals surface area (Å²) in [6, 6.07) is 0. The van der Waals surface area contributed by atoms with E-state index in [1.165, 1.54) is 6.20 Å². The van der Waals surface area contributed by atoms with Crippen LogP contribution in [-0.4, -0.2) is 31.1 Å². The normalized spacial score (nSPS) is 10.1. The zero-order chi connectivity index (χ0) is 11.5. The fourth-order valence-electron chi connectivity index (χ4n) is 1.03. The van der Waals surface area contributed by atoms with Crippen LogP contribution in [-0.2, 0) is 0 Å². The first-order chi connectivity index (χ1) is 7.65. The summed E-state index contributed by atoms with van der Waals surface area (Å²) in [5, 5.41) is 8.73. The van der Waals surface area contributed by atoms with E-state index in [4.69, 9.17) is 0 Å². The molecule has 0 spiro atoms. The van der Waals surface area contributed by atoms with Crippen molar-refractivity contribution in [3.63, 3.8) is 0 Å². The third kappa shape index (κ3) is 2.11. The first-order valence-corrected chi connectivity index (χ1v) is 4.40. The Hall–Kier alpha value is -2.51. The van der Waals surface area contributed by atoms with E-state index in [1.54, 1.807) is 6.92 Å². The summed E-state index contributed by atoms with van der Waals surface area (Å²) < 4.78 is 0. The molecule has 0 aromatic carbocycles. The molecule has 0 radical (unpaired) electrons. The molecule has 2 heterocycles. The molecule has 8 nitrogen and oxygen atoms in total. The quantitative estimate of drug-likeness (QED) is 0.627. The maximum absolute atomic E-state index is 11.5. The van der Waals surface area contributed by atoms with Crippen LogP contribution in [0, 0.1) is 6.92 Å². The van der Waals surface area contributed by atoms with Gasteiger partial charge in [-0.15, -0.1) is 5.10 Å². The van der Waals surface area contributed by atoms with Gasteiger partial charge in [-0.25, -0.2) is 4.98 Å². The minimum Gasteiger partial charge on any atom is -0.325 e. The molecule has 0 bridgehead atoms. The highest BCUT2D eigenvalue weighted by atomic mass is 16.2. The van der Waals surface area contributed by atoms with Gasteiger partial charge in [0.1, 0.15) is 11.5 Å². The second-order valence-electron chi connectivity index (χ2n) is 2.99. The molecule has 2 aromatic heterocycles. The number of aromatic nitrogens is 5. The molecule has 0 aliphatic heterocycles. The lowest BCUT2D eigenvalue weighted by Crippen LogP contribution is -2.17. The van der Waals surface area contributed by atoms with Crippen molar-refractivity contribution < 1.29 is 4.79 Å². The smallest absolute Gasteiger partial charge is 0.278 e. The average Bonchev–Trinajstić information content (AvgIpc) is 2.65. The predicted molar refractivity (Wildman–Crippen MR) is 53.9 cm³/mol. The monoisotopic (exact) mass is 220 g/mol. The summed E-state index contributed by atoms with van der Waals surface area (Å²) in [6.45, 7) is 1.71. The van der Waals surface area contributed by atoms with E-state index in [2.05, 4.69) is 30.5 Å². The van der Waals surface area contributed by atoms with Gasteiger partial charge < -0.3 is 4.98 Å². The number of carbonyl (C=O) groups is 1. The zero-order valence-electron chi connectivity index (χ0n) is 8.31. The molecule has 2 aromatic rings. The van der Waals surface area contributed by atoms with Crippen LogP contribution in [0.5, 0.6) is 0 Å². The number of hydrogen-bond acceptors (Lipinski definition) is 5. The summed E-state index contributed by atoms with van der Waals surface area (Å²) in [6.07, 6.45) is 2.25. The van der Waals surface area contributed by atoms with Crippen LogP contribution >= 0.6 is 0 Å². The van der Waals surface area contributed by atoms with Crippen molar-refractivity contribution in [1.82, 2.24) is 25.1 Å². The highest BCUT2D eigenvalue weighted by Crippen LogP contribution is 1.99. The van der Waals surface area contributed by atoms with E-state index in [9.17, 15) is 9.59 Å². The Morgan fingerprint density at radius 3 is 2.88 bits per heavy atom. The molecule has 0 fully saturated rings. The second kappa shape index (κ2) is 3.93. The number of aromatic amines is 2. The number of carbonyl (C=O) groups excluding carboxylic acids is 1. The summed E-state index contributed by atoms with van der Waals surface area (Å²) >= 11 is 0. The molecule has 8 heteroatoms. The van der Waals surface area contributed by atoms with Crippen molar-refractivity contribution >= 4 is 11.9 Å². The molecule has 0 saturated heterocycles. The van der Waals surface area contributed by atoms with Gasteiger partial charge in [0, 0.05) is 6.20 Å². The van der Waals surface area contributed by atoms with E-state index in [0.717, 1.165) is 6.20 Å². The van der Waals surface area contributed by atoms with Crippen LogP contribution in [0.1, 0.15) is 16.3 Å². The predicted octanol–water partition coefficient (Wildman–Crippen LogP) is -0.551. The van der Waals surface area contributed by atoms with Crippen molar-refractivity contribution in [2.45, 2.75) is 6.92 Å². The van der Waals surface area contributed by atoms with Crippen molar-refractivity contribution in [3.8, 4) is 0 Å². The maximum atomic E-state index is 11.5. The third-order valence-electron chi connectivity index (χ3n) is 1.73. The van der Waals surface area contributed by atoms with Gasteiger partial charge in [0.15, 0.2) is 0 Å². The van der Waals surface area contributed by atoms with E-state index in [-0.39, 0.29) is 17.2 Å². The number of aryl methyl sites for hydroxylation is 1. The van der Waals surface area contributed by atoms with Gasteiger partial charge in [0.05, 0.1) is 6.20 Å². The number of anilines is 1. The second-order valence-corrected chi connectivity index (χ2v) is 2.99. The van der Waals surface area contributed by atoms with Crippen LogP contribution in [0.4, 0.5) is 5.95 Å². The highest BCUT2D eigenvalue weighted by molar-refractivity contribution is 6.01. The lowest BCUT2D eigenvalue weighted by molar-refractivity contribution is 0.102. The minimum atomic E-state index is -0.491. The van der Waals surface area contributed by atoms with Gasteiger partial charge in [-0.2, -0.15) is 4.98 Å². The molecule has 0 aliphatic rings. The highest BCUT2D eigenvalue weighted by Gasteiger charge is 2.09. The SMILES string of the molecule is Cc1nc(NC(=O)c2c[nH]c(=O)cn2)n[nH]1. The van der Waals surface area contributed by atoms with Crippen molar-refractivity contribution in [2.24, 2.45) is 0 Å². The summed E-state index contributed by atoms with van der Waals surface area (Å²) in [7, 11) is 0. The van der Waals surface area contributed by atoms with Gasteiger partial charge in [-0.05, 0) is 6.92 Å². The number of nitrogens with zero attached hydrogens (tertiary/aromatic N) is 3. The van der Waals surface area contributed by atoms with Crippen molar-refractivity contribution in [3.05, 3.63) is 34.3 Å². The summed E-state index contributed by atoms with van der Waals surface area (Å²) in [5.41, 5.74) is -0.285. The Labute approximate surface area is 89.1 Å². The third-order valence-corrected chi connectivity index (χ3v) is 1.73. The lowest BCUT2D eigenvalue weighted by atomic mass is 10.4. The zero-order valence-corrected chi connectivity index (χ0v) is 8.31. The van der Waals surface area contributed by atoms with Gasteiger partial charge in [-0.3, -0.25) is 20.0 Å². The molecule has 82 valence electrons. The molecule has 3 N–H and O–H groups in total. The number of nitrogens with one attached hydrogen (secondary N) is 3. The number of H-pyrrole nitrogens is 2. The van der Waals surface area contributed by atoms with Crippen LogP contribution in [0.15, 0.2) is 17.2 Å². The van der Waals surface area contributed by atoms with Gasteiger partial charge in [-0.1, -0.05) is 0 Å². The first kappa shape index (κ1) is 10.0. The molecular formula is C8H8N6O2. The summed E-state index contributed by atoms with van der Waals surface area (Å²) in [5.74, 6) is 0.260. The molecule has 0 saturated carbocycles. The molecular weight excluding hydrogens is 212 g/mol. The van der Waals surface area contributed by atoms with Crippen molar-refractivity contribution in [1.29, 1.82) is 0 Å². The summed E-state index contributed by atoms with van der Waals surface area (Å²) in [4.78, 5) is 32.2. The largest absolute Gasteiger partial charge is 0.325 e. The van der Waals surface area contributed by atoms with Crippen LogP contribution in [0.3, 0.4) is 0 Å². The van der Waals surface area contributed by atoms with Gasteiger partial charge in [0.2, 0.25) is 5.95 Å². The Morgan fingerprint density at radius 1 is 1.50 bits per heavy atom. The maximum Gasteiger partial charge on any atom is 0.278 e. The Bertz CT molecular complexity index is 551. The standard InChI is InChI=1S/C8H8N6O2/c1-4-11-8(14-13-4)12-7(16)5-2-10-6(15)3-9-5/h2-3H,1H3,(H,10,15)(H2,11,12,13,14,16). The fraction of sp³-hybridized carbons (Fsp3) is 0.125. The number of amides is 1. The molecule has 1 amide bonds. The van der Waals surface area contributed by atoms with Crippen LogP contribution in [0.25, 0.3) is 0 Å². The topological polar surface area (TPSA) is 116 Å². The number of hydrogen-bond donors (Lipinski definition) is 3. The van der Waals surface area contributed by atoms with E-state index >= 15 is 0 Å². The van der Waals surface area contributed by atoms with Crippen LogP contribution < -0.4 is 10.9 Å². The molecule has 0 atom stereocenters. The van der Waals surface area contributed by atoms with Crippen molar-refractivity contribution in [2.75, 3.05) is 5.32 Å². The first-order valence-electron chi connectivity index (χ1n) is 4.40. The Morgan fingerprint density at radius 2 is 2.31 bits per heavy atom. The molecule has 16 heavy (non-hydrogen) atoms. The minimum absolute atomic E-state index is 0.0852. The number of rotatable bonds is 2.